The second kappa shape index (κ2) is 7.02. The largest absolute Gasteiger partial charge is 0.489 e. The van der Waals surface area contributed by atoms with Crippen LogP contribution in [0.5, 0.6) is 5.75 Å². The van der Waals surface area contributed by atoms with Crippen LogP contribution in [0.4, 0.5) is 11.4 Å². The predicted octanol–water partition coefficient (Wildman–Crippen LogP) is 4.15. The van der Waals surface area contributed by atoms with Gasteiger partial charge in [0, 0.05) is 26.3 Å². The van der Waals surface area contributed by atoms with E-state index in [1.165, 1.54) is 11.3 Å². The molecule has 0 atom stereocenters. The van der Waals surface area contributed by atoms with Crippen LogP contribution in [0.3, 0.4) is 0 Å². The average molecular weight is 284 g/mol. The molecule has 0 bridgehead atoms. The number of anilines is 2. The Morgan fingerprint density at radius 3 is 2.29 bits per heavy atom. The molecule has 0 fully saturated rings. The fraction of sp³-hybridized carbons (Fsp3) is 0.333. The van der Waals surface area contributed by atoms with Crippen molar-refractivity contribution < 1.29 is 4.74 Å². The fourth-order valence-electron chi connectivity index (χ4n) is 2.08. The quantitative estimate of drug-likeness (QED) is 0.862. The van der Waals surface area contributed by atoms with E-state index < -0.39 is 0 Å². The summed E-state index contributed by atoms with van der Waals surface area (Å²) in [5, 5.41) is 3.44. The summed E-state index contributed by atoms with van der Waals surface area (Å²) in [6.07, 6.45) is 0.173. The first-order valence-corrected chi connectivity index (χ1v) is 7.32. The van der Waals surface area contributed by atoms with E-state index in [-0.39, 0.29) is 6.10 Å². The van der Waals surface area contributed by atoms with Gasteiger partial charge < -0.3 is 15.0 Å². The molecule has 2 rings (SSSR count). The van der Waals surface area contributed by atoms with Crippen LogP contribution in [-0.4, -0.2) is 20.2 Å². The van der Waals surface area contributed by atoms with Crippen molar-refractivity contribution in [1.29, 1.82) is 0 Å². The molecule has 0 aromatic heterocycles. The van der Waals surface area contributed by atoms with Crippen LogP contribution in [0.2, 0.25) is 0 Å². The number of ether oxygens (including phenoxy) is 1. The van der Waals surface area contributed by atoms with Crippen LogP contribution in [0.1, 0.15) is 19.4 Å². The van der Waals surface area contributed by atoms with Crippen LogP contribution in [0.25, 0.3) is 0 Å². The van der Waals surface area contributed by atoms with Crippen LogP contribution in [0, 0.1) is 0 Å². The van der Waals surface area contributed by atoms with E-state index in [0.717, 1.165) is 18.0 Å². The first-order valence-electron chi connectivity index (χ1n) is 7.32. The maximum Gasteiger partial charge on any atom is 0.142 e. The molecular formula is C18H24N2O. The van der Waals surface area contributed by atoms with Crippen LogP contribution >= 0.6 is 0 Å². The molecule has 0 amide bonds. The van der Waals surface area contributed by atoms with Gasteiger partial charge >= 0.3 is 0 Å². The van der Waals surface area contributed by atoms with Gasteiger partial charge in [0.05, 0.1) is 11.8 Å². The summed E-state index contributed by atoms with van der Waals surface area (Å²) in [7, 11) is 4.10. The van der Waals surface area contributed by atoms with E-state index >= 15 is 0 Å². The zero-order valence-electron chi connectivity index (χ0n) is 13.3. The maximum absolute atomic E-state index is 5.82. The van der Waals surface area contributed by atoms with Crippen LogP contribution in [-0.2, 0) is 6.54 Å². The van der Waals surface area contributed by atoms with Crippen molar-refractivity contribution >= 4 is 11.4 Å². The lowest BCUT2D eigenvalue weighted by Gasteiger charge is -2.16. The fourth-order valence-corrected chi connectivity index (χ4v) is 2.08. The van der Waals surface area contributed by atoms with E-state index in [1.54, 1.807) is 0 Å². The molecular weight excluding hydrogens is 260 g/mol. The van der Waals surface area contributed by atoms with Gasteiger partial charge in [-0.25, -0.2) is 0 Å². The summed E-state index contributed by atoms with van der Waals surface area (Å²) in [5.74, 6) is 0.900. The standard InChI is InChI=1S/C18H24N2O/c1-14(2)21-18-8-6-5-7-17(18)19-13-15-9-11-16(12-10-15)20(3)4/h5-12,14,19H,13H2,1-4H3. The van der Waals surface area contributed by atoms with Gasteiger partial charge in [0.1, 0.15) is 5.75 Å². The molecule has 0 unspecified atom stereocenters. The van der Waals surface area contributed by atoms with E-state index in [4.69, 9.17) is 4.74 Å². The number of para-hydroxylation sites is 2. The molecule has 1 N–H and O–H groups in total. The van der Waals surface area contributed by atoms with E-state index in [1.807, 2.05) is 52.2 Å². The Hall–Kier alpha value is -2.16. The van der Waals surface area contributed by atoms with Crippen molar-refractivity contribution in [2.75, 3.05) is 24.3 Å². The Morgan fingerprint density at radius 1 is 1.00 bits per heavy atom. The Balaban J connectivity index is 2.02. The third-order valence-electron chi connectivity index (χ3n) is 3.19. The molecule has 0 saturated carbocycles. The Morgan fingerprint density at radius 2 is 1.67 bits per heavy atom. The predicted molar refractivity (Wildman–Crippen MR) is 90.3 cm³/mol. The SMILES string of the molecule is CC(C)Oc1ccccc1NCc1ccc(N(C)C)cc1. The molecule has 0 aliphatic heterocycles. The topological polar surface area (TPSA) is 24.5 Å². The van der Waals surface area contributed by atoms with Gasteiger partial charge in [-0.05, 0) is 43.7 Å². The first-order chi connectivity index (χ1) is 10.1. The lowest BCUT2D eigenvalue weighted by atomic mass is 10.2. The zero-order valence-corrected chi connectivity index (χ0v) is 13.3. The lowest BCUT2D eigenvalue weighted by Crippen LogP contribution is -2.09. The summed E-state index contributed by atoms with van der Waals surface area (Å²) in [6, 6.07) is 16.6. The number of hydrogen-bond donors (Lipinski definition) is 1. The third-order valence-corrected chi connectivity index (χ3v) is 3.19. The molecule has 0 heterocycles. The van der Waals surface area contributed by atoms with E-state index in [2.05, 4.69) is 34.5 Å². The van der Waals surface area contributed by atoms with Gasteiger partial charge in [0.15, 0.2) is 0 Å². The smallest absolute Gasteiger partial charge is 0.142 e. The van der Waals surface area contributed by atoms with Gasteiger partial charge in [0.2, 0.25) is 0 Å². The summed E-state index contributed by atoms with van der Waals surface area (Å²) in [4.78, 5) is 2.10. The minimum Gasteiger partial charge on any atom is -0.489 e. The van der Waals surface area contributed by atoms with Gasteiger partial charge in [-0.2, -0.15) is 0 Å². The Bertz CT molecular complexity index is 562. The molecule has 0 aliphatic carbocycles. The van der Waals surface area contributed by atoms with Crippen molar-refractivity contribution in [2.45, 2.75) is 26.5 Å². The van der Waals surface area contributed by atoms with E-state index in [9.17, 15) is 0 Å². The highest BCUT2D eigenvalue weighted by molar-refractivity contribution is 5.56. The number of benzene rings is 2. The van der Waals surface area contributed by atoms with Gasteiger partial charge in [-0.3, -0.25) is 0 Å². The second-order valence-corrected chi connectivity index (χ2v) is 5.58. The minimum absolute atomic E-state index is 0.173. The summed E-state index contributed by atoms with van der Waals surface area (Å²) in [6.45, 7) is 4.86. The molecule has 3 heteroatoms. The van der Waals surface area contributed by atoms with Crippen molar-refractivity contribution in [3.63, 3.8) is 0 Å². The molecule has 2 aromatic rings. The van der Waals surface area contributed by atoms with E-state index in [0.29, 0.717) is 0 Å². The summed E-state index contributed by atoms with van der Waals surface area (Å²) < 4.78 is 5.82. The average Bonchev–Trinajstić information content (AvgIpc) is 2.46. The first kappa shape index (κ1) is 15.2. The minimum atomic E-state index is 0.173. The molecule has 0 saturated heterocycles. The van der Waals surface area contributed by atoms with Gasteiger partial charge in [-0.15, -0.1) is 0 Å². The molecule has 2 aromatic carbocycles. The van der Waals surface area contributed by atoms with Gasteiger partial charge in [0.25, 0.3) is 0 Å². The molecule has 0 spiro atoms. The number of nitrogens with one attached hydrogen (secondary N) is 1. The third kappa shape index (κ3) is 4.42. The molecule has 3 nitrogen and oxygen atoms in total. The van der Waals surface area contributed by atoms with Crippen LogP contribution in [0.15, 0.2) is 48.5 Å². The zero-order chi connectivity index (χ0) is 15.2. The monoisotopic (exact) mass is 284 g/mol. The van der Waals surface area contributed by atoms with Crippen molar-refractivity contribution in [3.05, 3.63) is 54.1 Å². The molecule has 21 heavy (non-hydrogen) atoms. The Kier molecular flexibility index (Phi) is 5.09. The van der Waals surface area contributed by atoms with Crippen molar-refractivity contribution in [1.82, 2.24) is 0 Å². The maximum atomic E-state index is 5.82. The molecule has 0 radical (unpaired) electrons. The highest BCUT2D eigenvalue weighted by Gasteiger charge is 2.04. The van der Waals surface area contributed by atoms with Crippen molar-refractivity contribution in [3.8, 4) is 5.75 Å². The molecule has 0 aliphatic rings. The second-order valence-electron chi connectivity index (χ2n) is 5.58. The lowest BCUT2D eigenvalue weighted by molar-refractivity contribution is 0.243. The number of hydrogen-bond acceptors (Lipinski definition) is 3. The summed E-state index contributed by atoms with van der Waals surface area (Å²) >= 11 is 0. The molecule has 112 valence electrons. The normalized spacial score (nSPS) is 10.5. The van der Waals surface area contributed by atoms with Crippen molar-refractivity contribution in [2.24, 2.45) is 0 Å². The highest BCUT2D eigenvalue weighted by Crippen LogP contribution is 2.25. The summed E-state index contributed by atoms with van der Waals surface area (Å²) in [5.41, 5.74) is 3.49. The van der Waals surface area contributed by atoms with Gasteiger partial charge in [-0.1, -0.05) is 24.3 Å². The number of nitrogens with zero attached hydrogens (tertiary/aromatic N) is 1. The van der Waals surface area contributed by atoms with Crippen LogP contribution < -0.4 is 15.0 Å². The highest BCUT2D eigenvalue weighted by atomic mass is 16.5. The number of rotatable bonds is 6. The Labute approximate surface area is 127 Å².